The molecule has 0 heterocycles. The molecule has 0 fully saturated rings. The second kappa shape index (κ2) is 6.88. The maximum Gasteiger partial charge on any atom is 0.305 e. The Labute approximate surface area is 97.0 Å². The quantitative estimate of drug-likeness (QED) is 0.546. The topological polar surface area (TPSA) is 29.5 Å². The summed E-state index contributed by atoms with van der Waals surface area (Å²) in [5.41, 5.74) is 1.18. The van der Waals surface area contributed by atoms with Crippen LogP contribution in [0.4, 0.5) is 5.69 Å². The number of anilines is 1. The van der Waals surface area contributed by atoms with Gasteiger partial charge in [-0.25, -0.2) is 0 Å². The number of nitrogens with zero attached hydrogens (tertiary/aromatic N) is 1. The van der Waals surface area contributed by atoms with E-state index in [2.05, 4.69) is 17.0 Å². The lowest BCUT2D eigenvalue weighted by Crippen LogP contribution is -2.20. The van der Waals surface area contributed by atoms with Crippen LogP contribution in [0.25, 0.3) is 0 Å². The molecule has 16 heavy (non-hydrogen) atoms. The predicted octanol–water partition coefficient (Wildman–Crippen LogP) is 2.47. The smallest absolute Gasteiger partial charge is 0.305 e. The van der Waals surface area contributed by atoms with E-state index < -0.39 is 0 Å². The molecule has 0 aliphatic carbocycles. The number of carbonyl (C=O) groups is 1. The summed E-state index contributed by atoms with van der Waals surface area (Å²) >= 11 is 0. The van der Waals surface area contributed by atoms with Gasteiger partial charge in [0.25, 0.3) is 0 Å². The highest BCUT2D eigenvalue weighted by Gasteiger charge is 2.01. The first-order chi connectivity index (χ1) is 7.74. The van der Waals surface area contributed by atoms with Crippen LogP contribution in [0.1, 0.15) is 19.8 Å². The van der Waals surface area contributed by atoms with Crippen molar-refractivity contribution in [3.8, 4) is 0 Å². The molecule has 88 valence electrons. The molecule has 3 nitrogen and oxygen atoms in total. The van der Waals surface area contributed by atoms with Crippen LogP contribution >= 0.6 is 0 Å². The highest BCUT2D eigenvalue weighted by molar-refractivity contribution is 5.68. The third-order valence-electron chi connectivity index (χ3n) is 2.39. The Balaban J connectivity index is 2.21. The van der Waals surface area contributed by atoms with Crippen molar-refractivity contribution in [1.29, 1.82) is 0 Å². The van der Waals surface area contributed by atoms with Crippen molar-refractivity contribution in [1.82, 2.24) is 0 Å². The number of para-hydroxylation sites is 1. The molecule has 0 aliphatic rings. The summed E-state index contributed by atoms with van der Waals surface area (Å²) in [7, 11) is 2.04. The fourth-order valence-corrected chi connectivity index (χ4v) is 1.40. The van der Waals surface area contributed by atoms with Crippen molar-refractivity contribution in [3.05, 3.63) is 30.3 Å². The van der Waals surface area contributed by atoms with Crippen LogP contribution in [0.3, 0.4) is 0 Å². The first kappa shape index (κ1) is 12.6. The normalized spacial score (nSPS) is 9.88. The Morgan fingerprint density at radius 1 is 1.31 bits per heavy atom. The Hall–Kier alpha value is -1.51. The summed E-state index contributed by atoms with van der Waals surface area (Å²) in [5, 5.41) is 0. The lowest BCUT2D eigenvalue weighted by Gasteiger charge is -2.18. The minimum Gasteiger partial charge on any atom is -0.466 e. The average Bonchev–Trinajstić information content (AvgIpc) is 2.35. The molecule has 0 spiro atoms. The largest absolute Gasteiger partial charge is 0.466 e. The van der Waals surface area contributed by atoms with Crippen LogP contribution in [0, 0.1) is 0 Å². The van der Waals surface area contributed by atoms with E-state index >= 15 is 0 Å². The SMILES string of the molecule is CCC(=O)OCCCN(C)c1ccccc1. The molecule has 0 N–H and O–H groups in total. The highest BCUT2D eigenvalue weighted by atomic mass is 16.5. The van der Waals surface area contributed by atoms with E-state index in [1.54, 1.807) is 6.92 Å². The molecule has 0 unspecified atom stereocenters. The van der Waals surface area contributed by atoms with E-state index in [0.29, 0.717) is 13.0 Å². The van der Waals surface area contributed by atoms with Crippen molar-refractivity contribution in [3.63, 3.8) is 0 Å². The van der Waals surface area contributed by atoms with Gasteiger partial charge in [0.1, 0.15) is 0 Å². The highest BCUT2D eigenvalue weighted by Crippen LogP contribution is 2.10. The van der Waals surface area contributed by atoms with E-state index in [-0.39, 0.29) is 5.97 Å². The summed E-state index contributed by atoms with van der Waals surface area (Å²) in [5.74, 6) is -0.123. The molecular formula is C13H19NO2. The number of benzene rings is 1. The van der Waals surface area contributed by atoms with Crippen molar-refractivity contribution >= 4 is 11.7 Å². The maximum atomic E-state index is 10.9. The van der Waals surface area contributed by atoms with Crippen molar-refractivity contribution in [2.75, 3.05) is 25.1 Å². The van der Waals surface area contributed by atoms with E-state index in [1.165, 1.54) is 5.69 Å². The number of ether oxygens (including phenoxy) is 1. The Morgan fingerprint density at radius 3 is 2.62 bits per heavy atom. The minimum atomic E-state index is -0.123. The summed E-state index contributed by atoms with van der Waals surface area (Å²) in [6.07, 6.45) is 1.31. The molecule has 1 rings (SSSR count). The van der Waals surface area contributed by atoms with Crippen LogP contribution in [-0.4, -0.2) is 26.2 Å². The maximum absolute atomic E-state index is 10.9. The Morgan fingerprint density at radius 2 is 2.00 bits per heavy atom. The van der Waals surface area contributed by atoms with Gasteiger partial charge in [0.15, 0.2) is 0 Å². The van der Waals surface area contributed by atoms with Crippen LogP contribution < -0.4 is 4.90 Å². The second-order valence-corrected chi connectivity index (χ2v) is 3.68. The third-order valence-corrected chi connectivity index (χ3v) is 2.39. The van der Waals surface area contributed by atoms with Gasteiger partial charge in [0.2, 0.25) is 0 Å². The average molecular weight is 221 g/mol. The molecule has 0 saturated carbocycles. The van der Waals surface area contributed by atoms with Crippen LogP contribution in [0.15, 0.2) is 30.3 Å². The van der Waals surface area contributed by atoms with Gasteiger partial charge < -0.3 is 9.64 Å². The lowest BCUT2D eigenvalue weighted by molar-refractivity contribution is -0.143. The van der Waals surface area contributed by atoms with E-state index in [4.69, 9.17) is 4.74 Å². The van der Waals surface area contributed by atoms with E-state index in [0.717, 1.165) is 13.0 Å². The monoisotopic (exact) mass is 221 g/mol. The standard InChI is InChI=1S/C13H19NO2/c1-3-13(15)16-11-7-10-14(2)12-8-5-4-6-9-12/h4-6,8-9H,3,7,10-11H2,1-2H3. The molecule has 1 aromatic rings. The fraction of sp³-hybridized carbons (Fsp3) is 0.462. The Kier molecular flexibility index (Phi) is 5.40. The predicted molar refractivity (Wildman–Crippen MR) is 65.6 cm³/mol. The summed E-state index contributed by atoms with van der Waals surface area (Å²) in [6, 6.07) is 10.2. The molecule has 3 heteroatoms. The van der Waals surface area contributed by atoms with E-state index in [1.807, 2.05) is 25.2 Å². The number of carbonyl (C=O) groups excluding carboxylic acids is 1. The van der Waals surface area contributed by atoms with Crippen LogP contribution in [-0.2, 0) is 9.53 Å². The van der Waals surface area contributed by atoms with Gasteiger partial charge in [-0.15, -0.1) is 0 Å². The zero-order valence-corrected chi connectivity index (χ0v) is 9.98. The number of hydrogen-bond acceptors (Lipinski definition) is 3. The van der Waals surface area contributed by atoms with Crippen molar-refractivity contribution in [2.45, 2.75) is 19.8 Å². The van der Waals surface area contributed by atoms with Gasteiger partial charge in [-0.2, -0.15) is 0 Å². The van der Waals surface area contributed by atoms with Gasteiger partial charge in [0.05, 0.1) is 6.61 Å². The molecule has 0 amide bonds. The molecular weight excluding hydrogens is 202 g/mol. The van der Waals surface area contributed by atoms with Crippen molar-refractivity contribution < 1.29 is 9.53 Å². The number of esters is 1. The number of rotatable bonds is 6. The first-order valence-corrected chi connectivity index (χ1v) is 5.66. The van der Waals surface area contributed by atoms with Gasteiger partial charge in [-0.3, -0.25) is 4.79 Å². The Bertz CT molecular complexity index is 311. The van der Waals surface area contributed by atoms with Crippen LogP contribution in [0.5, 0.6) is 0 Å². The molecule has 0 saturated heterocycles. The zero-order chi connectivity index (χ0) is 11.8. The van der Waals surface area contributed by atoms with Gasteiger partial charge in [0, 0.05) is 25.7 Å². The van der Waals surface area contributed by atoms with Gasteiger partial charge in [-0.1, -0.05) is 25.1 Å². The molecule has 0 radical (unpaired) electrons. The number of hydrogen-bond donors (Lipinski definition) is 0. The summed E-state index contributed by atoms with van der Waals surface area (Å²) < 4.78 is 5.01. The van der Waals surface area contributed by atoms with E-state index in [9.17, 15) is 4.79 Å². The van der Waals surface area contributed by atoms with Crippen LogP contribution in [0.2, 0.25) is 0 Å². The van der Waals surface area contributed by atoms with Gasteiger partial charge in [-0.05, 0) is 18.6 Å². The van der Waals surface area contributed by atoms with Crippen molar-refractivity contribution in [2.24, 2.45) is 0 Å². The first-order valence-electron chi connectivity index (χ1n) is 5.66. The molecule has 0 atom stereocenters. The van der Waals surface area contributed by atoms with Gasteiger partial charge >= 0.3 is 5.97 Å². The zero-order valence-electron chi connectivity index (χ0n) is 9.98. The second-order valence-electron chi connectivity index (χ2n) is 3.68. The molecule has 0 bridgehead atoms. The minimum absolute atomic E-state index is 0.123. The molecule has 0 aliphatic heterocycles. The summed E-state index contributed by atoms with van der Waals surface area (Å²) in [4.78, 5) is 13.0. The summed E-state index contributed by atoms with van der Waals surface area (Å²) in [6.45, 7) is 3.20. The molecule has 1 aromatic carbocycles. The fourth-order valence-electron chi connectivity index (χ4n) is 1.40. The molecule has 0 aromatic heterocycles. The lowest BCUT2D eigenvalue weighted by atomic mass is 10.3. The third kappa shape index (κ3) is 4.34.